The molecule has 0 bridgehead atoms. The average Bonchev–Trinajstić information content (AvgIpc) is 3.19. The number of amides is 1. The molecule has 1 amide bonds. The highest BCUT2D eigenvalue weighted by atomic mass is 32.2. The van der Waals surface area contributed by atoms with Gasteiger partial charge in [0.1, 0.15) is 0 Å². The number of carbonyl (C=O) groups excluding carboxylic acids is 1. The van der Waals surface area contributed by atoms with Crippen molar-refractivity contribution in [3.05, 3.63) is 34.6 Å². The fourth-order valence-electron chi connectivity index (χ4n) is 2.90. The van der Waals surface area contributed by atoms with Crippen LogP contribution in [-0.4, -0.2) is 53.4 Å². The normalized spacial score (nSPS) is 16.9. The number of nitrogens with zero attached hydrogens (tertiary/aromatic N) is 2. The number of benzene rings is 1. The first-order valence-corrected chi connectivity index (χ1v) is 10.0. The molecule has 2 heterocycles. The maximum Gasteiger partial charge on any atom is 0.422 e. The SMILES string of the molecule is O=C(NCCSc1nc2ccccc2c(=O)n1CC1CCCO1)OCC(F)(F)F. The minimum absolute atomic E-state index is 0.0595. The van der Waals surface area contributed by atoms with E-state index in [2.05, 4.69) is 15.0 Å². The summed E-state index contributed by atoms with van der Waals surface area (Å²) in [5.74, 6) is 0.303. The van der Waals surface area contributed by atoms with Gasteiger partial charge in [0, 0.05) is 18.9 Å². The maximum absolute atomic E-state index is 12.9. The third-order valence-electron chi connectivity index (χ3n) is 4.21. The summed E-state index contributed by atoms with van der Waals surface area (Å²) in [6.07, 6.45) is -3.99. The molecule has 1 aromatic heterocycles. The van der Waals surface area contributed by atoms with Crippen LogP contribution in [0.15, 0.2) is 34.2 Å². The quantitative estimate of drug-likeness (QED) is 0.412. The van der Waals surface area contributed by atoms with Crippen molar-refractivity contribution < 1.29 is 27.4 Å². The van der Waals surface area contributed by atoms with Crippen LogP contribution in [0.1, 0.15) is 12.8 Å². The summed E-state index contributed by atoms with van der Waals surface area (Å²) >= 11 is 1.23. The Kier molecular flexibility index (Phi) is 7.01. The maximum atomic E-state index is 12.9. The predicted molar refractivity (Wildman–Crippen MR) is 101 cm³/mol. The van der Waals surface area contributed by atoms with Gasteiger partial charge in [-0.1, -0.05) is 23.9 Å². The Morgan fingerprint density at radius 2 is 2.17 bits per heavy atom. The van der Waals surface area contributed by atoms with E-state index in [9.17, 15) is 22.8 Å². The minimum Gasteiger partial charge on any atom is -0.440 e. The van der Waals surface area contributed by atoms with E-state index in [4.69, 9.17) is 4.74 Å². The predicted octanol–water partition coefficient (Wildman–Crippen LogP) is 2.96. The van der Waals surface area contributed by atoms with Gasteiger partial charge in [0.25, 0.3) is 5.56 Å². The number of para-hydroxylation sites is 1. The summed E-state index contributed by atoms with van der Waals surface area (Å²) in [7, 11) is 0. The zero-order chi connectivity index (χ0) is 20.9. The molecule has 2 aromatic rings. The first-order chi connectivity index (χ1) is 13.8. The number of alkyl carbamates (subject to hydrolysis) is 1. The Morgan fingerprint density at radius 1 is 1.38 bits per heavy atom. The third-order valence-corrected chi connectivity index (χ3v) is 5.18. The number of alkyl halides is 3. The van der Waals surface area contributed by atoms with Gasteiger partial charge in [-0.3, -0.25) is 9.36 Å². The van der Waals surface area contributed by atoms with Gasteiger partial charge < -0.3 is 14.8 Å². The lowest BCUT2D eigenvalue weighted by Gasteiger charge is -2.16. The van der Waals surface area contributed by atoms with Crippen LogP contribution in [0.2, 0.25) is 0 Å². The molecule has 7 nitrogen and oxygen atoms in total. The molecule has 11 heteroatoms. The molecule has 1 N–H and O–H groups in total. The Balaban J connectivity index is 1.65. The molecule has 29 heavy (non-hydrogen) atoms. The highest BCUT2D eigenvalue weighted by Crippen LogP contribution is 2.21. The van der Waals surface area contributed by atoms with Crippen molar-refractivity contribution in [2.24, 2.45) is 0 Å². The third kappa shape index (κ3) is 6.10. The molecule has 1 aromatic carbocycles. The van der Waals surface area contributed by atoms with Gasteiger partial charge in [-0.05, 0) is 25.0 Å². The number of thioether (sulfide) groups is 1. The van der Waals surface area contributed by atoms with Crippen molar-refractivity contribution >= 4 is 28.8 Å². The number of ether oxygens (including phenoxy) is 2. The monoisotopic (exact) mass is 431 g/mol. The van der Waals surface area contributed by atoms with E-state index >= 15 is 0 Å². The lowest BCUT2D eigenvalue weighted by atomic mass is 10.2. The summed E-state index contributed by atoms with van der Waals surface area (Å²) in [6.45, 7) is -0.546. The second-order valence-electron chi connectivity index (χ2n) is 6.43. The van der Waals surface area contributed by atoms with Crippen LogP contribution >= 0.6 is 11.8 Å². The minimum atomic E-state index is -4.57. The highest BCUT2D eigenvalue weighted by molar-refractivity contribution is 7.99. The number of rotatable bonds is 7. The molecule has 1 atom stereocenters. The highest BCUT2D eigenvalue weighted by Gasteiger charge is 2.29. The smallest absolute Gasteiger partial charge is 0.422 e. The number of carbonyl (C=O) groups is 1. The first-order valence-electron chi connectivity index (χ1n) is 9.05. The van der Waals surface area contributed by atoms with Crippen molar-refractivity contribution in [1.29, 1.82) is 0 Å². The molecule has 1 saturated heterocycles. The second-order valence-corrected chi connectivity index (χ2v) is 7.49. The first kappa shape index (κ1) is 21.4. The van der Waals surface area contributed by atoms with Crippen LogP contribution in [0, 0.1) is 0 Å². The van der Waals surface area contributed by atoms with Crippen LogP contribution in [0.4, 0.5) is 18.0 Å². The van der Waals surface area contributed by atoms with E-state index in [0.717, 1.165) is 12.8 Å². The summed E-state index contributed by atoms with van der Waals surface area (Å²) in [4.78, 5) is 28.8. The van der Waals surface area contributed by atoms with Gasteiger partial charge in [-0.15, -0.1) is 0 Å². The number of hydrogen-bond donors (Lipinski definition) is 1. The Labute approximate surface area is 168 Å². The molecular formula is C18H20F3N3O4S. The Bertz CT molecular complexity index is 913. The van der Waals surface area contributed by atoms with E-state index < -0.39 is 18.9 Å². The topological polar surface area (TPSA) is 82.5 Å². The van der Waals surface area contributed by atoms with Crippen LogP contribution in [0.25, 0.3) is 10.9 Å². The molecule has 3 rings (SSSR count). The summed E-state index contributed by atoms with van der Waals surface area (Å²) in [5.41, 5.74) is 0.382. The van der Waals surface area contributed by atoms with Crippen molar-refractivity contribution in [2.45, 2.75) is 36.8 Å². The zero-order valence-electron chi connectivity index (χ0n) is 15.4. The van der Waals surface area contributed by atoms with Gasteiger partial charge in [-0.25, -0.2) is 9.78 Å². The standard InChI is InChI=1S/C18H20F3N3O4S/c19-18(20,21)11-28-17(26)22-7-9-29-16-23-14-6-2-1-5-13(14)15(25)24(16)10-12-4-3-8-27-12/h1-2,5-6,12H,3-4,7-11H2,(H,22,26). The number of aromatic nitrogens is 2. The van der Waals surface area contributed by atoms with Crippen LogP contribution < -0.4 is 10.9 Å². The Morgan fingerprint density at radius 3 is 2.90 bits per heavy atom. The Hall–Kier alpha value is -2.27. The summed E-state index contributed by atoms with van der Waals surface area (Å²) in [6, 6.07) is 7.00. The lowest BCUT2D eigenvalue weighted by Crippen LogP contribution is -2.31. The van der Waals surface area contributed by atoms with Gasteiger partial charge in [0.15, 0.2) is 11.8 Å². The van der Waals surface area contributed by atoms with E-state index in [1.54, 1.807) is 28.8 Å². The van der Waals surface area contributed by atoms with Gasteiger partial charge in [-0.2, -0.15) is 13.2 Å². The van der Waals surface area contributed by atoms with Crippen molar-refractivity contribution in [3.8, 4) is 0 Å². The van der Waals surface area contributed by atoms with Gasteiger partial charge >= 0.3 is 12.3 Å². The van der Waals surface area contributed by atoms with E-state index in [-0.39, 0.29) is 18.2 Å². The van der Waals surface area contributed by atoms with E-state index in [1.807, 2.05) is 0 Å². The average molecular weight is 431 g/mol. The molecule has 0 saturated carbocycles. The largest absolute Gasteiger partial charge is 0.440 e. The fraction of sp³-hybridized carbons (Fsp3) is 0.500. The number of halogens is 3. The molecule has 1 aliphatic heterocycles. The summed E-state index contributed by atoms with van der Waals surface area (Å²) in [5, 5.41) is 3.22. The molecule has 0 radical (unpaired) electrons. The van der Waals surface area contributed by atoms with E-state index in [0.29, 0.717) is 35.0 Å². The number of hydrogen-bond acceptors (Lipinski definition) is 6. The molecule has 0 spiro atoms. The van der Waals surface area contributed by atoms with Crippen LogP contribution in [-0.2, 0) is 16.0 Å². The van der Waals surface area contributed by atoms with Crippen LogP contribution in [0.5, 0.6) is 0 Å². The fourth-order valence-corrected chi connectivity index (χ4v) is 3.77. The lowest BCUT2D eigenvalue weighted by molar-refractivity contribution is -0.160. The van der Waals surface area contributed by atoms with Crippen LogP contribution in [0.3, 0.4) is 0 Å². The molecule has 1 fully saturated rings. The molecular weight excluding hydrogens is 411 g/mol. The summed E-state index contributed by atoms with van der Waals surface area (Å²) < 4.78 is 47.4. The number of nitrogens with one attached hydrogen (secondary N) is 1. The van der Waals surface area contributed by atoms with Crippen molar-refractivity contribution in [3.63, 3.8) is 0 Å². The molecule has 158 valence electrons. The second kappa shape index (κ2) is 9.49. The molecule has 0 aliphatic carbocycles. The van der Waals surface area contributed by atoms with Crippen molar-refractivity contribution in [1.82, 2.24) is 14.9 Å². The molecule has 1 aliphatic rings. The zero-order valence-corrected chi connectivity index (χ0v) is 16.2. The van der Waals surface area contributed by atoms with E-state index in [1.165, 1.54) is 11.8 Å². The van der Waals surface area contributed by atoms with Crippen molar-refractivity contribution in [2.75, 3.05) is 25.5 Å². The van der Waals surface area contributed by atoms with Gasteiger partial charge in [0.2, 0.25) is 0 Å². The molecule has 1 unspecified atom stereocenters. The van der Waals surface area contributed by atoms with Gasteiger partial charge in [0.05, 0.1) is 23.6 Å². The number of fused-ring (bicyclic) bond motifs is 1.